The minimum absolute atomic E-state index is 0.187. The first-order chi connectivity index (χ1) is 8.79. The van der Waals surface area contributed by atoms with E-state index in [1.807, 2.05) is 0 Å². The molecule has 0 aromatic heterocycles. The van der Waals surface area contributed by atoms with E-state index < -0.39 is 30.6 Å². The van der Waals surface area contributed by atoms with Crippen LogP contribution in [0.1, 0.15) is 34.0 Å². The smallest absolute Gasteiger partial charge is 0.396 e. The van der Waals surface area contributed by atoms with Crippen LogP contribution >= 0.6 is 0 Å². The molecule has 0 saturated heterocycles. The molecule has 0 amide bonds. The van der Waals surface area contributed by atoms with Crippen LogP contribution in [0.5, 0.6) is 0 Å². The summed E-state index contributed by atoms with van der Waals surface area (Å²) in [5, 5.41) is 27.7. The van der Waals surface area contributed by atoms with E-state index in [2.05, 4.69) is 0 Å². The molecule has 7 heteroatoms. The summed E-state index contributed by atoms with van der Waals surface area (Å²) in [5.74, 6) is 0. The van der Waals surface area contributed by atoms with Gasteiger partial charge in [0.25, 0.3) is 0 Å². The first-order valence-electron chi connectivity index (χ1n) is 5.44. The number of hydrogen-bond acceptors (Lipinski definition) is 4. The molecule has 1 aromatic rings. The van der Waals surface area contributed by atoms with Crippen molar-refractivity contribution in [3.63, 3.8) is 0 Å². The second-order valence-corrected chi connectivity index (χ2v) is 4.03. The number of alkyl halides is 3. The van der Waals surface area contributed by atoms with Crippen molar-refractivity contribution in [2.45, 2.75) is 24.8 Å². The maximum atomic E-state index is 12.6. The van der Waals surface area contributed by atoms with Crippen LogP contribution in [0.2, 0.25) is 0 Å². The Hall–Kier alpha value is -1.44. The van der Waals surface area contributed by atoms with Crippen LogP contribution < -0.4 is 0 Å². The third kappa shape index (κ3) is 4.02. The van der Waals surface area contributed by atoms with Crippen LogP contribution in [0, 0.1) is 0 Å². The Morgan fingerprint density at radius 1 is 1.21 bits per heavy atom. The van der Waals surface area contributed by atoms with Crippen molar-refractivity contribution in [2.75, 3.05) is 6.61 Å². The zero-order valence-electron chi connectivity index (χ0n) is 9.76. The highest BCUT2D eigenvalue weighted by molar-refractivity contribution is 5.75. The number of hydrogen-bond donors (Lipinski definition) is 3. The van der Waals surface area contributed by atoms with E-state index >= 15 is 0 Å². The van der Waals surface area contributed by atoms with Crippen LogP contribution in [0.25, 0.3) is 0 Å². The second-order valence-electron chi connectivity index (χ2n) is 4.03. The summed E-state index contributed by atoms with van der Waals surface area (Å²) < 4.78 is 37.8. The fourth-order valence-corrected chi connectivity index (χ4v) is 1.59. The molecule has 19 heavy (non-hydrogen) atoms. The van der Waals surface area contributed by atoms with Gasteiger partial charge >= 0.3 is 6.18 Å². The summed E-state index contributed by atoms with van der Waals surface area (Å²) in [6, 6.07) is 2.38. The number of aliphatic hydroxyl groups excluding tert-OH is 3. The van der Waals surface area contributed by atoms with E-state index in [0.29, 0.717) is 12.1 Å². The van der Waals surface area contributed by atoms with Gasteiger partial charge in [0, 0.05) is 12.2 Å². The van der Waals surface area contributed by atoms with Crippen molar-refractivity contribution in [2.24, 2.45) is 0 Å². The first kappa shape index (κ1) is 15.6. The SMILES string of the molecule is O=Cc1cc(C(O)C(O)CCO)cc(C(F)(F)F)c1. The summed E-state index contributed by atoms with van der Waals surface area (Å²) in [6.45, 7) is -0.419. The quantitative estimate of drug-likeness (QED) is 0.709. The zero-order valence-corrected chi connectivity index (χ0v) is 9.76. The van der Waals surface area contributed by atoms with Gasteiger partial charge in [0.2, 0.25) is 0 Å². The summed E-state index contributed by atoms with van der Waals surface area (Å²) >= 11 is 0. The zero-order chi connectivity index (χ0) is 14.6. The molecule has 0 fully saturated rings. The molecule has 3 N–H and O–H groups in total. The highest BCUT2D eigenvalue weighted by Gasteiger charge is 2.32. The van der Waals surface area contributed by atoms with E-state index in [0.717, 1.165) is 6.07 Å². The molecular weight excluding hydrogens is 265 g/mol. The molecule has 106 valence electrons. The van der Waals surface area contributed by atoms with Gasteiger partial charge in [-0.05, 0) is 30.2 Å². The van der Waals surface area contributed by atoms with Gasteiger partial charge in [-0.25, -0.2) is 0 Å². The van der Waals surface area contributed by atoms with Gasteiger partial charge in [0.1, 0.15) is 12.4 Å². The molecule has 0 radical (unpaired) electrons. The van der Waals surface area contributed by atoms with Gasteiger partial charge in [0.15, 0.2) is 0 Å². The van der Waals surface area contributed by atoms with E-state index in [-0.39, 0.29) is 23.8 Å². The lowest BCUT2D eigenvalue weighted by molar-refractivity contribution is -0.137. The minimum Gasteiger partial charge on any atom is -0.396 e. The van der Waals surface area contributed by atoms with Gasteiger partial charge in [-0.2, -0.15) is 13.2 Å². The van der Waals surface area contributed by atoms with Gasteiger partial charge in [-0.1, -0.05) is 0 Å². The molecular formula is C12H13F3O4. The average Bonchev–Trinajstić information content (AvgIpc) is 2.36. The highest BCUT2D eigenvalue weighted by Crippen LogP contribution is 2.32. The number of rotatable bonds is 5. The molecule has 0 aliphatic rings. The third-order valence-electron chi connectivity index (χ3n) is 2.57. The summed E-state index contributed by atoms with van der Waals surface area (Å²) in [4.78, 5) is 10.6. The van der Waals surface area contributed by atoms with Crippen LogP contribution in [-0.2, 0) is 6.18 Å². The Balaban J connectivity index is 3.16. The number of benzene rings is 1. The third-order valence-corrected chi connectivity index (χ3v) is 2.57. The van der Waals surface area contributed by atoms with Crippen molar-refractivity contribution in [3.8, 4) is 0 Å². The van der Waals surface area contributed by atoms with Crippen molar-refractivity contribution in [1.29, 1.82) is 0 Å². The minimum atomic E-state index is -4.66. The molecule has 2 unspecified atom stereocenters. The number of aliphatic hydroxyl groups is 3. The molecule has 0 spiro atoms. The summed E-state index contributed by atoms with van der Waals surface area (Å²) in [7, 11) is 0. The first-order valence-corrected chi connectivity index (χ1v) is 5.44. The van der Waals surface area contributed by atoms with E-state index in [4.69, 9.17) is 5.11 Å². The number of aldehydes is 1. The maximum absolute atomic E-state index is 12.6. The standard InChI is InChI=1S/C12H13F3O4/c13-12(14,15)9-4-7(6-17)3-8(5-9)11(19)10(18)1-2-16/h3-6,10-11,16,18-19H,1-2H2. The van der Waals surface area contributed by atoms with E-state index in [1.54, 1.807) is 0 Å². The fourth-order valence-electron chi connectivity index (χ4n) is 1.59. The monoisotopic (exact) mass is 278 g/mol. The lowest BCUT2D eigenvalue weighted by Crippen LogP contribution is -2.20. The van der Waals surface area contributed by atoms with E-state index in [1.165, 1.54) is 0 Å². The normalized spacial score (nSPS) is 15.1. The number of carbonyl (C=O) groups excluding carboxylic acids is 1. The Kier molecular flexibility index (Phi) is 5.04. The maximum Gasteiger partial charge on any atom is 0.416 e. The largest absolute Gasteiger partial charge is 0.416 e. The average molecular weight is 278 g/mol. The van der Waals surface area contributed by atoms with E-state index in [9.17, 15) is 28.2 Å². The van der Waals surface area contributed by atoms with Gasteiger partial charge in [-0.3, -0.25) is 4.79 Å². The topological polar surface area (TPSA) is 77.8 Å². The molecule has 0 bridgehead atoms. The molecule has 2 atom stereocenters. The predicted molar refractivity (Wildman–Crippen MR) is 59.5 cm³/mol. The Morgan fingerprint density at radius 2 is 1.84 bits per heavy atom. The van der Waals surface area contributed by atoms with Crippen LogP contribution in [0.4, 0.5) is 13.2 Å². The predicted octanol–water partition coefficient (Wildman–Crippen LogP) is 1.29. The molecule has 0 aliphatic heterocycles. The number of halogens is 3. The van der Waals surface area contributed by atoms with Crippen molar-refractivity contribution < 1.29 is 33.3 Å². The second kappa shape index (κ2) is 6.14. The van der Waals surface area contributed by atoms with Crippen molar-refractivity contribution >= 4 is 6.29 Å². The van der Waals surface area contributed by atoms with Crippen LogP contribution in [-0.4, -0.2) is 34.3 Å². The number of carbonyl (C=O) groups is 1. The highest BCUT2D eigenvalue weighted by atomic mass is 19.4. The fraction of sp³-hybridized carbons (Fsp3) is 0.417. The van der Waals surface area contributed by atoms with Gasteiger partial charge < -0.3 is 15.3 Å². The van der Waals surface area contributed by atoms with Gasteiger partial charge in [-0.15, -0.1) is 0 Å². The lowest BCUT2D eigenvalue weighted by Gasteiger charge is -2.19. The Bertz CT molecular complexity index is 445. The Labute approximate surface area is 107 Å². The molecule has 0 saturated carbocycles. The van der Waals surface area contributed by atoms with Crippen molar-refractivity contribution in [1.82, 2.24) is 0 Å². The van der Waals surface area contributed by atoms with Gasteiger partial charge in [0.05, 0.1) is 11.7 Å². The molecule has 1 aromatic carbocycles. The molecule has 4 nitrogen and oxygen atoms in total. The summed E-state index contributed by atoms with van der Waals surface area (Å²) in [6.07, 6.45) is -7.63. The molecule has 0 heterocycles. The van der Waals surface area contributed by atoms with Crippen LogP contribution in [0.15, 0.2) is 18.2 Å². The summed E-state index contributed by atoms with van der Waals surface area (Å²) in [5.41, 5.74) is -1.56. The Morgan fingerprint density at radius 3 is 2.32 bits per heavy atom. The molecule has 0 aliphatic carbocycles. The lowest BCUT2D eigenvalue weighted by atomic mass is 9.97. The molecule has 1 rings (SSSR count). The van der Waals surface area contributed by atoms with Crippen molar-refractivity contribution in [3.05, 3.63) is 34.9 Å². The van der Waals surface area contributed by atoms with Crippen LogP contribution in [0.3, 0.4) is 0 Å².